The standard InChI is InChI=1S/C22H13F4N3O3/c23-14-6-8-15(9-7-14)29-20(31)18(19(30)27-21(29)32)12-17-5-2-10-28(17)16-4-1-3-13(11-16)22(24,25)26/h1-12H,(H,27,30,32). The normalized spacial score (nSPS) is 15.9. The molecule has 0 atom stereocenters. The highest BCUT2D eigenvalue weighted by atomic mass is 19.4. The number of imide groups is 2. The maximum absolute atomic E-state index is 13.2. The van der Waals surface area contributed by atoms with Crippen LogP contribution < -0.4 is 10.2 Å². The number of alkyl halides is 3. The topological polar surface area (TPSA) is 71.4 Å². The summed E-state index contributed by atoms with van der Waals surface area (Å²) in [5, 5.41) is 2.03. The van der Waals surface area contributed by atoms with E-state index < -0.39 is 41.0 Å². The fourth-order valence-corrected chi connectivity index (χ4v) is 3.21. The number of halogens is 4. The minimum Gasteiger partial charge on any atom is -0.317 e. The molecule has 10 heteroatoms. The fourth-order valence-electron chi connectivity index (χ4n) is 3.21. The molecule has 2 heterocycles. The van der Waals surface area contributed by atoms with Crippen molar-refractivity contribution in [2.45, 2.75) is 6.18 Å². The van der Waals surface area contributed by atoms with Gasteiger partial charge in [-0.25, -0.2) is 14.1 Å². The molecule has 1 N–H and O–H groups in total. The Balaban J connectivity index is 1.74. The van der Waals surface area contributed by atoms with Crippen LogP contribution >= 0.6 is 0 Å². The van der Waals surface area contributed by atoms with Crippen molar-refractivity contribution >= 4 is 29.6 Å². The molecular formula is C22H13F4N3O3. The SMILES string of the molecule is O=C1NC(=O)N(c2ccc(F)cc2)C(=O)C1=Cc1cccn1-c1cccc(C(F)(F)F)c1. The van der Waals surface area contributed by atoms with Crippen LogP contribution in [-0.2, 0) is 15.8 Å². The van der Waals surface area contributed by atoms with E-state index in [1.165, 1.54) is 53.2 Å². The Kier molecular flexibility index (Phi) is 5.13. The summed E-state index contributed by atoms with van der Waals surface area (Å²) in [6.07, 6.45) is -1.91. The van der Waals surface area contributed by atoms with Gasteiger partial charge in [-0.3, -0.25) is 14.9 Å². The maximum atomic E-state index is 13.2. The van der Waals surface area contributed by atoms with E-state index in [2.05, 4.69) is 0 Å². The van der Waals surface area contributed by atoms with Crippen molar-refractivity contribution in [1.82, 2.24) is 9.88 Å². The van der Waals surface area contributed by atoms with Gasteiger partial charge in [0.15, 0.2) is 0 Å². The van der Waals surface area contributed by atoms with Crippen LogP contribution in [0.1, 0.15) is 11.3 Å². The molecule has 4 amide bonds. The van der Waals surface area contributed by atoms with Gasteiger partial charge in [0.1, 0.15) is 11.4 Å². The molecule has 0 unspecified atom stereocenters. The summed E-state index contributed by atoms with van der Waals surface area (Å²) in [5.41, 5.74) is -0.841. The molecule has 162 valence electrons. The van der Waals surface area contributed by atoms with Gasteiger partial charge in [-0.1, -0.05) is 6.07 Å². The molecule has 1 aliphatic heterocycles. The Labute approximate surface area is 178 Å². The molecule has 1 aliphatic rings. The van der Waals surface area contributed by atoms with Gasteiger partial charge in [-0.15, -0.1) is 0 Å². The lowest BCUT2D eigenvalue weighted by atomic mass is 10.1. The summed E-state index contributed by atoms with van der Waals surface area (Å²) in [6.45, 7) is 0. The maximum Gasteiger partial charge on any atom is 0.416 e. The molecule has 6 nitrogen and oxygen atoms in total. The second-order valence-corrected chi connectivity index (χ2v) is 6.79. The Morgan fingerprint density at radius 3 is 2.28 bits per heavy atom. The van der Waals surface area contributed by atoms with Gasteiger partial charge < -0.3 is 4.57 Å². The number of rotatable bonds is 3. The van der Waals surface area contributed by atoms with Gasteiger partial charge in [0, 0.05) is 17.6 Å². The summed E-state index contributed by atoms with van der Waals surface area (Å²) in [4.78, 5) is 38.1. The molecular weight excluding hydrogens is 430 g/mol. The van der Waals surface area contributed by atoms with E-state index in [0.717, 1.165) is 24.3 Å². The number of urea groups is 1. The van der Waals surface area contributed by atoms with E-state index in [9.17, 15) is 31.9 Å². The van der Waals surface area contributed by atoms with Crippen LogP contribution in [0.2, 0.25) is 0 Å². The second-order valence-electron chi connectivity index (χ2n) is 6.79. The Morgan fingerprint density at radius 2 is 1.59 bits per heavy atom. The number of nitrogens with one attached hydrogen (secondary N) is 1. The molecule has 2 aromatic carbocycles. The number of amides is 4. The average molecular weight is 443 g/mol. The molecule has 32 heavy (non-hydrogen) atoms. The minimum absolute atomic E-state index is 0.0422. The van der Waals surface area contributed by atoms with Gasteiger partial charge >= 0.3 is 12.2 Å². The molecule has 4 rings (SSSR count). The van der Waals surface area contributed by atoms with Gasteiger partial charge in [-0.2, -0.15) is 13.2 Å². The van der Waals surface area contributed by atoms with Gasteiger partial charge in [-0.05, 0) is 60.7 Å². The zero-order valence-corrected chi connectivity index (χ0v) is 16.1. The van der Waals surface area contributed by atoms with E-state index in [1.54, 1.807) is 0 Å². The number of carbonyl (C=O) groups excluding carboxylic acids is 3. The van der Waals surface area contributed by atoms with Crippen LogP contribution in [0.5, 0.6) is 0 Å². The Bertz CT molecular complexity index is 1260. The monoisotopic (exact) mass is 443 g/mol. The van der Waals surface area contributed by atoms with E-state index >= 15 is 0 Å². The highest BCUT2D eigenvalue weighted by Crippen LogP contribution is 2.31. The van der Waals surface area contributed by atoms with Crippen LogP contribution in [0.25, 0.3) is 11.8 Å². The molecule has 0 saturated carbocycles. The van der Waals surface area contributed by atoms with Crippen LogP contribution in [0.4, 0.5) is 28.0 Å². The predicted molar refractivity (Wildman–Crippen MR) is 106 cm³/mol. The van der Waals surface area contributed by atoms with Gasteiger partial charge in [0.05, 0.1) is 11.3 Å². The zero-order chi connectivity index (χ0) is 23.0. The van der Waals surface area contributed by atoms with Crippen molar-refractivity contribution in [3.8, 4) is 5.69 Å². The third-order valence-corrected chi connectivity index (χ3v) is 4.71. The smallest absolute Gasteiger partial charge is 0.317 e. The lowest BCUT2D eigenvalue weighted by Gasteiger charge is -2.26. The number of hydrogen-bond donors (Lipinski definition) is 1. The highest BCUT2D eigenvalue weighted by Gasteiger charge is 2.37. The molecule has 0 bridgehead atoms. The van der Waals surface area contributed by atoms with Crippen LogP contribution in [0.3, 0.4) is 0 Å². The first kappa shape index (κ1) is 21.0. The molecule has 1 aromatic heterocycles. The van der Waals surface area contributed by atoms with Crippen molar-refractivity contribution in [2.75, 3.05) is 4.90 Å². The number of barbiturate groups is 1. The van der Waals surface area contributed by atoms with Crippen LogP contribution in [0.15, 0.2) is 72.4 Å². The first-order valence-electron chi connectivity index (χ1n) is 9.17. The van der Waals surface area contributed by atoms with Crippen molar-refractivity contribution in [1.29, 1.82) is 0 Å². The summed E-state index contributed by atoms with van der Waals surface area (Å²) >= 11 is 0. The van der Waals surface area contributed by atoms with Crippen molar-refractivity contribution in [3.63, 3.8) is 0 Å². The van der Waals surface area contributed by atoms with Gasteiger partial charge in [0.25, 0.3) is 11.8 Å². The van der Waals surface area contributed by atoms with Crippen molar-refractivity contribution in [3.05, 3.63) is 89.5 Å². The second kappa shape index (κ2) is 7.80. The molecule has 0 radical (unpaired) electrons. The predicted octanol–water partition coefficient (Wildman–Crippen LogP) is 4.30. The lowest BCUT2D eigenvalue weighted by Crippen LogP contribution is -2.54. The molecule has 0 aliphatic carbocycles. The molecule has 0 spiro atoms. The van der Waals surface area contributed by atoms with Crippen molar-refractivity contribution in [2.24, 2.45) is 0 Å². The Morgan fingerprint density at radius 1 is 0.875 bits per heavy atom. The third-order valence-electron chi connectivity index (χ3n) is 4.71. The number of nitrogens with zero attached hydrogens (tertiary/aromatic N) is 2. The zero-order valence-electron chi connectivity index (χ0n) is 16.1. The largest absolute Gasteiger partial charge is 0.416 e. The molecule has 3 aromatic rings. The van der Waals surface area contributed by atoms with Crippen LogP contribution in [0, 0.1) is 5.82 Å². The molecule has 1 saturated heterocycles. The third kappa shape index (κ3) is 3.89. The fraction of sp³-hybridized carbons (Fsp3) is 0.0455. The Hall–Kier alpha value is -4.21. The first-order chi connectivity index (χ1) is 15.1. The van der Waals surface area contributed by atoms with E-state index in [0.29, 0.717) is 4.90 Å². The quantitative estimate of drug-likeness (QED) is 0.373. The van der Waals surface area contributed by atoms with E-state index in [-0.39, 0.29) is 17.1 Å². The van der Waals surface area contributed by atoms with Gasteiger partial charge in [0.2, 0.25) is 0 Å². The first-order valence-corrected chi connectivity index (χ1v) is 9.17. The summed E-state index contributed by atoms with van der Waals surface area (Å²) < 4.78 is 53.8. The lowest BCUT2D eigenvalue weighted by molar-refractivity contribution is -0.137. The number of anilines is 1. The number of benzene rings is 2. The number of aromatic nitrogens is 1. The number of hydrogen-bond acceptors (Lipinski definition) is 3. The summed E-state index contributed by atoms with van der Waals surface area (Å²) in [5.74, 6) is -2.50. The number of carbonyl (C=O) groups is 3. The van der Waals surface area contributed by atoms with E-state index in [4.69, 9.17) is 0 Å². The average Bonchev–Trinajstić information content (AvgIpc) is 3.20. The summed E-state index contributed by atoms with van der Waals surface area (Å²) in [6, 6.07) is 11.1. The van der Waals surface area contributed by atoms with Crippen LogP contribution in [-0.4, -0.2) is 22.4 Å². The highest BCUT2D eigenvalue weighted by molar-refractivity contribution is 6.39. The van der Waals surface area contributed by atoms with E-state index in [1.807, 2.05) is 5.32 Å². The minimum atomic E-state index is -4.54. The van der Waals surface area contributed by atoms with Crippen molar-refractivity contribution < 1.29 is 31.9 Å². The summed E-state index contributed by atoms with van der Waals surface area (Å²) in [7, 11) is 0. The molecule has 1 fully saturated rings.